The van der Waals surface area contributed by atoms with E-state index in [9.17, 15) is 48.3 Å². The Bertz CT molecular complexity index is 1500. The third kappa shape index (κ3) is 7.16. The topological polar surface area (TPSA) is 122 Å². The zero-order valence-electron chi connectivity index (χ0n) is 23.1. The number of nitrogens with zero attached hydrogens (tertiary/aromatic N) is 5. The molecular formula is C27H27F7N6O3S. The molecule has 1 N–H and O–H groups in total. The van der Waals surface area contributed by atoms with Crippen molar-refractivity contribution in [2.24, 2.45) is 0 Å². The number of rotatable bonds is 8. The summed E-state index contributed by atoms with van der Waals surface area (Å²) in [5, 5.41) is 22.1. The Labute approximate surface area is 247 Å². The minimum Gasteiger partial charge on any atom is -0.379 e. The lowest BCUT2D eigenvalue weighted by atomic mass is 9.91. The minimum absolute atomic E-state index is 0.0378. The standard InChI is InChI=1S/C27H27F7N6O3S/c1-43-20-12-23(39(15-20)16-36)26(42)40(19-2-4-21(5-3-19)44(30,31,32,33)34)24(22-14-37-11-8-17(22)13-35)25(41)38-18-6-9-27(28,29)10-7-18/h2-5,8,11,14,18,20,23-24H,6-7,9-10,12,15H2,1H3,(H,38,41). The molecule has 1 saturated carbocycles. The van der Waals surface area contributed by atoms with E-state index < -0.39 is 75.6 Å². The molecule has 17 heteroatoms. The van der Waals surface area contributed by atoms with Gasteiger partial charge >= 0.3 is 10.2 Å². The summed E-state index contributed by atoms with van der Waals surface area (Å²) < 4.78 is 100. The van der Waals surface area contributed by atoms with E-state index in [2.05, 4.69) is 10.3 Å². The quantitative estimate of drug-likeness (QED) is 0.277. The van der Waals surface area contributed by atoms with Crippen LogP contribution in [0.1, 0.15) is 49.3 Å². The SMILES string of the molecule is COC1CC(C(=O)N(c2ccc(S(F)(F)(F)(F)F)cc2)C(C(=O)NC2CCC(F)(F)CC2)c2cnccc2C#N)N(C#N)C1. The van der Waals surface area contributed by atoms with Crippen LogP contribution in [-0.2, 0) is 14.3 Å². The Hall–Kier alpha value is -4.09. The van der Waals surface area contributed by atoms with Gasteiger partial charge in [0.1, 0.15) is 17.0 Å². The predicted molar refractivity (Wildman–Crippen MR) is 144 cm³/mol. The summed E-state index contributed by atoms with van der Waals surface area (Å²) in [4.78, 5) is 31.6. The number of likely N-dealkylation sites (tertiary alicyclic amines) is 1. The van der Waals surface area contributed by atoms with Crippen LogP contribution in [0, 0.1) is 22.8 Å². The van der Waals surface area contributed by atoms with Gasteiger partial charge in [-0.05, 0) is 43.2 Å². The number of benzene rings is 1. The Morgan fingerprint density at radius 3 is 2.30 bits per heavy atom. The number of aromatic nitrogens is 1. The van der Waals surface area contributed by atoms with E-state index in [1.165, 1.54) is 19.4 Å². The molecule has 1 aliphatic heterocycles. The van der Waals surface area contributed by atoms with E-state index in [1.54, 1.807) is 0 Å². The van der Waals surface area contributed by atoms with Gasteiger partial charge in [-0.1, -0.05) is 19.4 Å². The fourth-order valence-corrected chi connectivity index (χ4v) is 5.98. The molecule has 2 aromatic rings. The van der Waals surface area contributed by atoms with Gasteiger partial charge in [0, 0.05) is 56.1 Å². The summed E-state index contributed by atoms with van der Waals surface area (Å²) in [6.07, 6.45) is 2.11. The highest BCUT2D eigenvalue weighted by atomic mass is 32.5. The molecule has 1 aromatic carbocycles. The molecule has 2 fully saturated rings. The molecule has 4 rings (SSSR count). The molecule has 44 heavy (non-hydrogen) atoms. The summed E-state index contributed by atoms with van der Waals surface area (Å²) in [6.45, 7) is -0.0378. The van der Waals surface area contributed by atoms with E-state index in [0.717, 1.165) is 11.1 Å². The van der Waals surface area contributed by atoms with Crippen molar-refractivity contribution < 1.29 is 42.5 Å². The molecule has 9 nitrogen and oxygen atoms in total. The Balaban J connectivity index is 1.86. The van der Waals surface area contributed by atoms with Crippen LogP contribution in [0.5, 0.6) is 0 Å². The van der Waals surface area contributed by atoms with Crippen LogP contribution < -0.4 is 10.2 Å². The van der Waals surface area contributed by atoms with Crippen LogP contribution in [0.2, 0.25) is 0 Å². The maximum Gasteiger partial charge on any atom is 0.310 e. The Morgan fingerprint density at radius 1 is 1.11 bits per heavy atom. The molecule has 1 aliphatic carbocycles. The van der Waals surface area contributed by atoms with Crippen LogP contribution in [0.4, 0.5) is 33.9 Å². The number of alkyl halides is 2. The molecule has 1 saturated heterocycles. The lowest BCUT2D eigenvalue weighted by Gasteiger charge is -2.41. The van der Waals surface area contributed by atoms with Crippen LogP contribution in [-0.4, -0.2) is 59.5 Å². The van der Waals surface area contributed by atoms with Gasteiger partial charge in [0.25, 0.3) is 5.91 Å². The third-order valence-corrected chi connectivity index (χ3v) is 8.81. The number of pyridine rings is 1. The molecule has 0 spiro atoms. The highest BCUT2D eigenvalue weighted by Crippen LogP contribution is 3.02. The Kier molecular flexibility index (Phi) is 8.29. The molecule has 2 amide bonds. The van der Waals surface area contributed by atoms with Crippen LogP contribution in [0.25, 0.3) is 0 Å². The number of anilines is 1. The van der Waals surface area contributed by atoms with Crippen molar-refractivity contribution in [3.8, 4) is 12.3 Å². The van der Waals surface area contributed by atoms with E-state index in [0.29, 0.717) is 17.0 Å². The van der Waals surface area contributed by atoms with E-state index >= 15 is 0 Å². The second-order valence-corrected chi connectivity index (χ2v) is 13.1. The van der Waals surface area contributed by atoms with Gasteiger partial charge < -0.3 is 10.1 Å². The average molecular weight is 649 g/mol. The van der Waals surface area contributed by atoms with E-state index in [4.69, 9.17) is 4.74 Å². The van der Waals surface area contributed by atoms with Crippen LogP contribution >= 0.6 is 10.2 Å². The van der Waals surface area contributed by atoms with Crippen molar-refractivity contribution in [2.75, 3.05) is 18.6 Å². The largest absolute Gasteiger partial charge is 0.379 e. The highest BCUT2D eigenvalue weighted by molar-refractivity contribution is 8.45. The minimum atomic E-state index is -10.1. The van der Waals surface area contributed by atoms with Crippen molar-refractivity contribution in [3.63, 3.8) is 0 Å². The van der Waals surface area contributed by atoms with Gasteiger partial charge in [0.15, 0.2) is 6.19 Å². The molecule has 2 aliphatic rings. The number of hydrogen-bond donors (Lipinski definition) is 1. The number of methoxy groups -OCH3 is 1. The molecule has 2 heterocycles. The van der Waals surface area contributed by atoms with Crippen molar-refractivity contribution in [1.29, 1.82) is 10.5 Å². The van der Waals surface area contributed by atoms with Crippen LogP contribution in [0.15, 0.2) is 47.6 Å². The predicted octanol–water partition coefficient (Wildman–Crippen LogP) is 5.95. The molecule has 238 valence electrons. The molecule has 3 atom stereocenters. The number of halogens is 7. The summed E-state index contributed by atoms with van der Waals surface area (Å²) in [7, 11) is -8.80. The second kappa shape index (κ2) is 11.1. The maximum atomic E-state index is 14.2. The van der Waals surface area contributed by atoms with Crippen molar-refractivity contribution in [3.05, 3.63) is 53.9 Å². The number of nitriles is 2. The molecule has 1 aromatic heterocycles. The number of amides is 2. The zero-order chi connectivity index (χ0) is 32.6. The highest BCUT2D eigenvalue weighted by Gasteiger charge is 2.65. The first-order valence-electron chi connectivity index (χ1n) is 13.3. The summed E-state index contributed by atoms with van der Waals surface area (Å²) >= 11 is 0. The second-order valence-electron chi connectivity index (χ2n) is 10.6. The van der Waals surface area contributed by atoms with Gasteiger partial charge in [-0.2, -0.15) is 10.5 Å². The first-order valence-corrected chi connectivity index (χ1v) is 15.2. The van der Waals surface area contributed by atoms with Crippen molar-refractivity contribution >= 4 is 27.7 Å². The molecule has 0 bridgehead atoms. The maximum absolute atomic E-state index is 14.2. The number of carbonyl (C=O) groups excluding carboxylic acids is 2. The number of ether oxygens (including phenoxy) is 1. The zero-order valence-corrected chi connectivity index (χ0v) is 23.9. The normalized spacial score (nSPS) is 22.5. The van der Waals surface area contributed by atoms with Crippen LogP contribution in [0.3, 0.4) is 0 Å². The van der Waals surface area contributed by atoms with Gasteiger partial charge in [0.2, 0.25) is 11.8 Å². The fourth-order valence-electron chi connectivity index (χ4n) is 5.33. The lowest BCUT2D eigenvalue weighted by Crippen LogP contribution is -2.52. The van der Waals surface area contributed by atoms with Gasteiger partial charge in [-0.15, -0.1) is 0 Å². The molecule has 3 unspecified atom stereocenters. The van der Waals surface area contributed by atoms with E-state index in [1.807, 2.05) is 12.3 Å². The smallest absolute Gasteiger partial charge is 0.310 e. The average Bonchev–Trinajstić information content (AvgIpc) is 3.39. The summed E-state index contributed by atoms with van der Waals surface area (Å²) in [5.74, 6) is -4.92. The molecule has 0 radical (unpaired) electrons. The first-order chi connectivity index (χ1) is 20.4. The number of nitrogens with one attached hydrogen (secondary N) is 1. The number of carbonyl (C=O) groups is 2. The van der Waals surface area contributed by atoms with Gasteiger partial charge in [-0.25, -0.2) is 8.78 Å². The Morgan fingerprint density at radius 2 is 1.75 bits per heavy atom. The number of hydrogen-bond acceptors (Lipinski definition) is 7. The monoisotopic (exact) mass is 648 g/mol. The summed E-state index contributed by atoms with van der Waals surface area (Å²) in [5.41, 5.74) is -0.777. The fraction of sp³-hybridized carbons (Fsp3) is 0.444. The summed E-state index contributed by atoms with van der Waals surface area (Å²) in [6, 6.07) is 0.450. The van der Waals surface area contributed by atoms with Crippen molar-refractivity contribution in [1.82, 2.24) is 15.2 Å². The van der Waals surface area contributed by atoms with E-state index in [-0.39, 0.29) is 49.1 Å². The molecular weight excluding hydrogens is 621 g/mol. The van der Waals surface area contributed by atoms with Gasteiger partial charge in [-0.3, -0.25) is 24.4 Å². The lowest BCUT2D eigenvalue weighted by molar-refractivity contribution is -0.129. The third-order valence-electron chi connectivity index (χ3n) is 7.64. The van der Waals surface area contributed by atoms with Gasteiger partial charge in [0.05, 0.1) is 24.3 Å². The van der Waals surface area contributed by atoms with Crippen molar-refractivity contribution in [2.45, 2.75) is 67.2 Å². The first kappa shape index (κ1) is 32.8.